The van der Waals surface area contributed by atoms with Crippen LogP contribution < -0.4 is 0 Å². The SMILES string of the molecule is CC(I)Cc1cnc(-c2ncon2)c(Cl)c1. The molecule has 0 N–H and O–H groups in total. The number of aromatic nitrogens is 3. The summed E-state index contributed by atoms with van der Waals surface area (Å²) in [6.45, 7) is 2.14. The molecule has 4 nitrogen and oxygen atoms in total. The van der Waals surface area contributed by atoms with Crippen molar-refractivity contribution in [3.63, 3.8) is 0 Å². The minimum Gasteiger partial charge on any atom is -0.342 e. The Morgan fingerprint density at radius 1 is 1.50 bits per heavy atom. The molecule has 1 unspecified atom stereocenters. The topological polar surface area (TPSA) is 51.8 Å². The molecule has 2 aromatic heterocycles. The van der Waals surface area contributed by atoms with Crippen molar-refractivity contribution < 1.29 is 4.52 Å². The fourth-order valence-electron chi connectivity index (χ4n) is 1.35. The average Bonchev–Trinajstić information content (AvgIpc) is 2.69. The van der Waals surface area contributed by atoms with Gasteiger partial charge < -0.3 is 4.52 Å². The van der Waals surface area contributed by atoms with Gasteiger partial charge >= 0.3 is 0 Å². The van der Waals surface area contributed by atoms with E-state index >= 15 is 0 Å². The van der Waals surface area contributed by atoms with Crippen molar-refractivity contribution in [2.24, 2.45) is 0 Å². The van der Waals surface area contributed by atoms with E-state index in [9.17, 15) is 0 Å². The fraction of sp³-hybridized carbons (Fsp3) is 0.300. The maximum absolute atomic E-state index is 6.12. The number of rotatable bonds is 3. The summed E-state index contributed by atoms with van der Waals surface area (Å²) in [5, 5.41) is 4.26. The van der Waals surface area contributed by atoms with E-state index in [1.807, 2.05) is 6.07 Å². The Bertz CT molecular complexity index is 473. The van der Waals surface area contributed by atoms with Gasteiger partial charge in [0, 0.05) is 10.1 Å². The van der Waals surface area contributed by atoms with Gasteiger partial charge in [0.1, 0.15) is 5.69 Å². The summed E-state index contributed by atoms with van der Waals surface area (Å²) in [4.78, 5) is 8.17. The van der Waals surface area contributed by atoms with Crippen LogP contribution in [0.25, 0.3) is 11.5 Å². The Morgan fingerprint density at radius 2 is 2.31 bits per heavy atom. The van der Waals surface area contributed by atoms with Crippen LogP contribution in [0.5, 0.6) is 0 Å². The second-order valence-corrected chi connectivity index (χ2v) is 5.95. The number of halogens is 2. The number of alkyl halides is 1. The van der Waals surface area contributed by atoms with Crippen molar-refractivity contribution in [1.82, 2.24) is 15.1 Å². The molecule has 2 aromatic rings. The minimum absolute atomic E-state index is 0.416. The van der Waals surface area contributed by atoms with Crippen LogP contribution in [0.3, 0.4) is 0 Å². The average molecular weight is 350 g/mol. The molecule has 0 saturated heterocycles. The van der Waals surface area contributed by atoms with Crippen molar-refractivity contribution in [3.05, 3.63) is 29.2 Å². The lowest BCUT2D eigenvalue weighted by molar-refractivity contribution is 0.418. The van der Waals surface area contributed by atoms with Crippen LogP contribution in [-0.4, -0.2) is 19.0 Å². The molecule has 0 fully saturated rings. The van der Waals surface area contributed by atoms with Crippen molar-refractivity contribution >= 4 is 34.2 Å². The summed E-state index contributed by atoms with van der Waals surface area (Å²) in [6.07, 6.45) is 4.00. The zero-order valence-electron chi connectivity index (χ0n) is 8.52. The Kier molecular flexibility index (Phi) is 3.75. The van der Waals surface area contributed by atoms with Crippen LogP contribution in [0.1, 0.15) is 12.5 Å². The monoisotopic (exact) mass is 349 g/mol. The molecule has 0 amide bonds. The van der Waals surface area contributed by atoms with Crippen LogP contribution in [0, 0.1) is 0 Å². The standard InChI is InChI=1S/C10H9ClIN3O/c1-6(12)2-7-3-8(11)9(13-4-7)10-14-5-16-15-10/h3-6H,2H2,1H3. The van der Waals surface area contributed by atoms with E-state index < -0.39 is 0 Å². The maximum atomic E-state index is 6.12. The van der Waals surface area contributed by atoms with Gasteiger partial charge in [-0.3, -0.25) is 4.98 Å². The molecule has 16 heavy (non-hydrogen) atoms. The van der Waals surface area contributed by atoms with Crippen LogP contribution >= 0.6 is 34.2 Å². The highest BCUT2D eigenvalue weighted by Crippen LogP contribution is 2.24. The van der Waals surface area contributed by atoms with Gasteiger partial charge in [-0.1, -0.05) is 46.3 Å². The van der Waals surface area contributed by atoms with Gasteiger partial charge in [-0.2, -0.15) is 4.98 Å². The Hall–Kier alpha value is -0.690. The molecule has 2 heterocycles. The summed E-state index contributed by atoms with van der Waals surface area (Å²) in [6, 6.07) is 1.90. The molecule has 0 saturated carbocycles. The first-order valence-electron chi connectivity index (χ1n) is 4.72. The van der Waals surface area contributed by atoms with E-state index in [1.54, 1.807) is 6.20 Å². The largest absolute Gasteiger partial charge is 0.342 e. The predicted octanol–water partition coefficient (Wildman–Crippen LogP) is 3.15. The zero-order valence-corrected chi connectivity index (χ0v) is 11.4. The number of pyridine rings is 1. The quantitative estimate of drug-likeness (QED) is 0.631. The lowest BCUT2D eigenvalue weighted by Gasteiger charge is -2.05. The van der Waals surface area contributed by atoms with Crippen molar-refractivity contribution in [1.29, 1.82) is 0 Å². The molecular formula is C10H9ClIN3O. The summed E-state index contributed by atoms with van der Waals surface area (Å²) in [5.41, 5.74) is 1.67. The molecule has 0 bridgehead atoms. The maximum Gasteiger partial charge on any atom is 0.222 e. The van der Waals surface area contributed by atoms with E-state index in [-0.39, 0.29) is 0 Å². The summed E-state index contributed by atoms with van der Waals surface area (Å²) in [5.74, 6) is 0.416. The van der Waals surface area contributed by atoms with Crippen LogP contribution in [0.2, 0.25) is 5.02 Å². The first-order chi connectivity index (χ1) is 7.66. The molecule has 0 aliphatic heterocycles. The van der Waals surface area contributed by atoms with Crippen LogP contribution in [-0.2, 0) is 6.42 Å². The molecule has 0 aliphatic rings. The van der Waals surface area contributed by atoms with E-state index in [4.69, 9.17) is 11.6 Å². The second-order valence-electron chi connectivity index (χ2n) is 3.41. The van der Waals surface area contributed by atoms with Gasteiger partial charge in [0.05, 0.1) is 5.02 Å². The molecule has 2 rings (SSSR count). The van der Waals surface area contributed by atoms with Gasteiger partial charge in [0.2, 0.25) is 12.2 Å². The fourth-order valence-corrected chi connectivity index (χ4v) is 2.14. The first-order valence-corrected chi connectivity index (χ1v) is 6.34. The highest BCUT2D eigenvalue weighted by atomic mass is 127. The normalized spacial score (nSPS) is 12.7. The number of hydrogen-bond acceptors (Lipinski definition) is 4. The Labute approximate surface area is 112 Å². The molecule has 0 aromatic carbocycles. The van der Waals surface area contributed by atoms with E-state index in [0.717, 1.165) is 12.0 Å². The summed E-state index contributed by atoms with van der Waals surface area (Å²) in [7, 11) is 0. The molecule has 0 aliphatic carbocycles. The number of nitrogens with zero attached hydrogens (tertiary/aromatic N) is 3. The van der Waals surface area contributed by atoms with Gasteiger partial charge in [-0.25, -0.2) is 0 Å². The summed E-state index contributed by atoms with van der Waals surface area (Å²) < 4.78 is 5.21. The van der Waals surface area contributed by atoms with Gasteiger partial charge in [-0.05, 0) is 18.1 Å². The molecule has 0 spiro atoms. The molecule has 84 valence electrons. The third-order valence-corrected chi connectivity index (χ3v) is 2.72. The lowest BCUT2D eigenvalue weighted by atomic mass is 10.1. The van der Waals surface area contributed by atoms with Gasteiger partial charge in [0.25, 0.3) is 0 Å². The van der Waals surface area contributed by atoms with Crippen molar-refractivity contribution in [3.8, 4) is 11.5 Å². The molecule has 6 heteroatoms. The zero-order chi connectivity index (χ0) is 11.5. The third-order valence-electron chi connectivity index (χ3n) is 1.99. The third kappa shape index (κ3) is 2.70. The van der Waals surface area contributed by atoms with E-state index in [1.165, 1.54) is 6.39 Å². The first kappa shape index (κ1) is 11.8. The second kappa shape index (κ2) is 5.09. The Balaban J connectivity index is 2.30. The van der Waals surface area contributed by atoms with E-state index in [0.29, 0.717) is 20.5 Å². The smallest absolute Gasteiger partial charge is 0.222 e. The highest BCUT2D eigenvalue weighted by molar-refractivity contribution is 14.1. The van der Waals surface area contributed by atoms with Crippen molar-refractivity contribution in [2.45, 2.75) is 17.3 Å². The molecule has 1 atom stereocenters. The van der Waals surface area contributed by atoms with E-state index in [2.05, 4.69) is 49.2 Å². The van der Waals surface area contributed by atoms with Crippen LogP contribution in [0.4, 0.5) is 0 Å². The van der Waals surface area contributed by atoms with Gasteiger partial charge in [0.15, 0.2) is 0 Å². The van der Waals surface area contributed by atoms with Crippen LogP contribution in [0.15, 0.2) is 23.2 Å². The molecule has 0 radical (unpaired) electrons. The van der Waals surface area contributed by atoms with Gasteiger partial charge in [-0.15, -0.1) is 0 Å². The summed E-state index contributed by atoms with van der Waals surface area (Å²) >= 11 is 8.48. The van der Waals surface area contributed by atoms with Crippen molar-refractivity contribution in [2.75, 3.05) is 0 Å². The Morgan fingerprint density at radius 3 is 2.88 bits per heavy atom. The lowest BCUT2D eigenvalue weighted by Crippen LogP contribution is -1.98. The number of hydrogen-bond donors (Lipinski definition) is 0. The predicted molar refractivity (Wildman–Crippen MR) is 69.7 cm³/mol. The highest BCUT2D eigenvalue weighted by Gasteiger charge is 2.11. The molecular weight excluding hydrogens is 340 g/mol. The minimum atomic E-state index is 0.416.